The van der Waals surface area contributed by atoms with E-state index in [0.29, 0.717) is 27.8 Å². The summed E-state index contributed by atoms with van der Waals surface area (Å²) in [4.78, 5) is 0. The molecule has 0 saturated heterocycles. The molecule has 0 radical (unpaired) electrons. The van der Waals surface area contributed by atoms with E-state index in [-0.39, 0.29) is 0 Å². The lowest BCUT2D eigenvalue weighted by Crippen LogP contribution is -1.93. The third-order valence-electron chi connectivity index (χ3n) is 2.94. The molecular formula is C14H9ClN4O. The van der Waals surface area contributed by atoms with E-state index in [0.717, 1.165) is 5.56 Å². The van der Waals surface area contributed by atoms with Crippen molar-refractivity contribution in [2.75, 3.05) is 7.11 Å². The molecule has 0 atom stereocenters. The maximum Gasteiger partial charge on any atom is 0.172 e. The molecule has 2 aromatic heterocycles. The zero-order chi connectivity index (χ0) is 14.1. The van der Waals surface area contributed by atoms with Gasteiger partial charge in [-0.2, -0.15) is 5.26 Å². The van der Waals surface area contributed by atoms with Crippen LogP contribution < -0.4 is 4.74 Å². The van der Waals surface area contributed by atoms with Gasteiger partial charge in [-0.3, -0.25) is 4.40 Å². The van der Waals surface area contributed by atoms with Crippen molar-refractivity contribution in [1.82, 2.24) is 14.6 Å². The minimum atomic E-state index is 0.541. The summed E-state index contributed by atoms with van der Waals surface area (Å²) in [7, 11) is 1.58. The fourth-order valence-electron chi connectivity index (χ4n) is 1.99. The zero-order valence-corrected chi connectivity index (χ0v) is 11.3. The van der Waals surface area contributed by atoms with Crippen molar-refractivity contribution in [2.45, 2.75) is 0 Å². The van der Waals surface area contributed by atoms with Crippen molar-refractivity contribution in [3.63, 3.8) is 0 Å². The van der Waals surface area contributed by atoms with Gasteiger partial charge in [-0.1, -0.05) is 11.6 Å². The van der Waals surface area contributed by atoms with Crippen LogP contribution in [0.15, 0.2) is 36.5 Å². The molecule has 0 fully saturated rings. The van der Waals surface area contributed by atoms with E-state index in [1.54, 1.807) is 42.0 Å². The monoisotopic (exact) mass is 284 g/mol. The van der Waals surface area contributed by atoms with Gasteiger partial charge in [-0.25, -0.2) is 0 Å². The summed E-state index contributed by atoms with van der Waals surface area (Å²) in [6.45, 7) is 0. The Balaban J connectivity index is 2.23. The number of nitrogens with zero attached hydrogens (tertiary/aromatic N) is 4. The van der Waals surface area contributed by atoms with Crippen LogP contribution in [-0.2, 0) is 0 Å². The Hall–Kier alpha value is -2.58. The van der Waals surface area contributed by atoms with Crippen LogP contribution >= 0.6 is 11.6 Å². The second-order valence-corrected chi connectivity index (χ2v) is 4.56. The summed E-state index contributed by atoms with van der Waals surface area (Å²) in [6, 6.07) is 10.8. The van der Waals surface area contributed by atoms with Crippen molar-refractivity contribution >= 4 is 17.2 Å². The van der Waals surface area contributed by atoms with Crippen molar-refractivity contribution in [3.05, 3.63) is 47.1 Å². The van der Waals surface area contributed by atoms with Gasteiger partial charge in [-0.05, 0) is 24.3 Å². The summed E-state index contributed by atoms with van der Waals surface area (Å²) >= 11 is 5.96. The number of nitriles is 1. The lowest BCUT2D eigenvalue weighted by Gasteiger charge is -2.07. The number of benzene rings is 1. The fraction of sp³-hybridized carbons (Fsp3) is 0.0714. The molecule has 0 bridgehead atoms. The van der Waals surface area contributed by atoms with Crippen LogP contribution in [0.2, 0.25) is 5.02 Å². The number of ether oxygens (including phenoxy) is 1. The van der Waals surface area contributed by atoms with Crippen LogP contribution in [0.4, 0.5) is 0 Å². The highest BCUT2D eigenvalue weighted by atomic mass is 35.5. The van der Waals surface area contributed by atoms with E-state index >= 15 is 0 Å². The highest BCUT2D eigenvalue weighted by Gasteiger charge is 2.13. The first-order valence-corrected chi connectivity index (χ1v) is 6.19. The highest BCUT2D eigenvalue weighted by Crippen LogP contribution is 2.31. The molecule has 98 valence electrons. The van der Waals surface area contributed by atoms with Crippen molar-refractivity contribution < 1.29 is 4.74 Å². The molecule has 0 spiro atoms. The smallest absolute Gasteiger partial charge is 0.172 e. The van der Waals surface area contributed by atoms with E-state index in [1.807, 2.05) is 6.07 Å². The van der Waals surface area contributed by atoms with Gasteiger partial charge in [0.05, 0.1) is 24.3 Å². The van der Waals surface area contributed by atoms with Gasteiger partial charge in [0.15, 0.2) is 11.5 Å². The number of halogens is 1. The molecule has 0 aliphatic rings. The van der Waals surface area contributed by atoms with Crippen LogP contribution in [0.25, 0.3) is 17.0 Å². The van der Waals surface area contributed by atoms with Crippen LogP contribution in [0, 0.1) is 11.3 Å². The second-order valence-electron chi connectivity index (χ2n) is 4.12. The predicted octanol–water partition coefficient (Wildman–Crippen LogP) is 2.93. The maximum atomic E-state index is 8.89. The van der Waals surface area contributed by atoms with E-state index in [9.17, 15) is 0 Å². The number of hydrogen-bond acceptors (Lipinski definition) is 4. The first-order chi connectivity index (χ1) is 9.72. The van der Waals surface area contributed by atoms with Crippen molar-refractivity contribution in [3.8, 4) is 23.2 Å². The second kappa shape index (κ2) is 4.83. The first-order valence-electron chi connectivity index (χ1n) is 5.81. The molecule has 6 heteroatoms. The molecule has 5 nitrogen and oxygen atoms in total. The zero-order valence-electron chi connectivity index (χ0n) is 10.5. The Morgan fingerprint density at radius 3 is 2.85 bits per heavy atom. The minimum absolute atomic E-state index is 0.541. The maximum absolute atomic E-state index is 8.89. The molecule has 20 heavy (non-hydrogen) atoms. The Labute approximate surface area is 120 Å². The van der Waals surface area contributed by atoms with E-state index in [4.69, 9.17) is 21.6 Å². The van der Waals surface area contributed by atoms with Crippen LogP contribution in [0.1, 0.15) is 5.56 Å². The standard InChI is InChI=1S/C14H9ClN4O/c1-20-12-7-10(15)2-3-11(12)14-18-17-13-6-9(8-16)4-5-19(13)14/h2-7H,1H3. The molecule has 0 aliphatic heterocycles. The summed E-state index contributed by atoms with van der Waals surface area (Å²) in [6.07, 6.45) is 1.76. The number of aromatic nitrogens is 3. The topological polar surface area (TPSA) is 63.2 Å². The van der Waals surface area contributed by atoms with Crippen LogP contribution in [0.5, 0.6) is 5.75 Å². The third kappa shape index (κ3) is 1.96. The van der Waals surface area contributed by atoms with Gasteiger partial charge in [-0.15, -0.1) is 10.2 Å². The van der Waals surface area contributed by atoms with Gasteiger partial charge in [0.25, 0.3) is 0 Å². The van der Waals surface area contributed by atoms with Gasteiger partial charge < -0.3 is 4.74 Å². The largest absolute Gasteiger partial charge is 0.496 e. The Morgan fingerprint density at radius 1 is 1.25 bits per heavy atom. The van der Waals surface area contributed by atoms with Gasteiger partial charge >= 0.3 is 0 Å². The third-order valence-corrected chi connectivity index (χ3v) is 3.18. The SMILES string of the molecule is COc1cc(Cl)ccc1-c1nnc2cc(C#N)ccn12. The fourth-order valence-corrected chi connectivity index (χ4v) is 2.16. The molecule has 0 saturated carbocycles. The molecule has 3 rings (SSSR count). The van der Waals surface area contributed by atoms with Crippen molar-refractivity contribution in [1.29, 1.82) is 5.26 Å². The number of hydrogen-bond donors (Lipinski definition) is 0. The summed E-state index contributed by atoms with van der Waals surface area (Å²) in [5.74, 6) is 1.26. The highest BCUT2D eigenvalue weighted by molar-refractivity contribution is 6.30. The summed E-state index contributed by atoms with van der Waals surface area (Å²) in [5, 5.41) is 17.7. The van der Waals surface area contributed by atoms with Gasteiger partial charge in [0.1, 0.15) is 5.75 Å². The molecule has 3 aromatic rings. The average molecular weight is 285 g/mol. The minimum Gasteiger partial charge on any atom is -0.496 e. The summed E-state index contributed by atoms with van der Waals surface area (Å²) in [5.41, 5.74) is 1.93. The lowest BCUT2D eigenvalue weighted by atomic mass is 10.2. The average Bonchev–Trinajstić information content (AvgIpc) is 2.89. The van der Waals surface area contributed by atoms with E-state index in [1.165, 1.54) is 0 Å². The molecule has 0 aliphatic carbocycles. The molecule has 1 aromatic carbocycles. The van der Waals surface area contributed by atoms with Gasteiger partial charge in [0.2, 0.25) is 0 Å². The van der Waals surface area contributed by atoms with Crippen molar-refractivity contribution in [2.24, 2.45) is 0 Å². The number of rotatable bonds is 2. The molecule has 0 unspecified atom stereocenters. The number of methoxy groups -OCH3 is 1. The normalized spacial score (nSPS) is 10.4. The Bertz CT molecular complexity index is 835. The Morgan fingerprint density at radius 2 is 2.10 bits per heavy atom. The molecular weight excluding hydrogens is 276 g/mol. The first kappa shape index (κ1) is 12.5. The molecule has 0 N–H and O–H groups in total. The summed E-state index contributed by atoms with van der Waals surface area (Å²) < 4.78 is 7.12. The number of fused-ring (bicyclic) bond motifs is 1. The Kier molecular flexibility index (Phi) is 3.01. The van der Waals surface area contributed by atoms with E-state index < -0.39 is 0 Å². The van der Waals surface area contributed by atoms with Crippen LogP contribution in [0.3, 0.4) is 0 Å². The van der Waals surface area contributed by atoms with E-state index in [2.05, 4.69) is 16.3 Å². The molecule has 0 amide bonds. The van der Waals surface area contributed by atoms with Gasteiger partial charge in [0, 0.05) is 17.3 Å². The molecule has 2 heterocycles. The lowest BCUT2D eigenvalue weighted by molar-refractivity contribution is 0.416. The van der Waals surface area contributed by atoms with Crippen LogP contribution in [-0.4, -0.2) is 21.7 Å². The quantitative estimate of drug-likeness (QED) is 0.726. The number of pyridine rings is 1. The predicted molar refractivity (Wildman–Crippen MR) is 74.7 cm³/mol.